The summed E-state index contributed by atoms with van der Waals surface area (Å²) in [5.41, 5.74) is 2.56. The number of nitrogens with zero attached hydrogens (tertiary/aromatic N) is 1. The molecular weight excluding hydrogens is 246 g/mol. The highest BCUT2D eigenvalue weighted by molar-refractivity contribution is 5.57. The number of nitriles is 1. The monoisotopic (exact) mass is 258 g/mol. The van der Waals surface area contributed by atoms with Crippen molar-refractivity contribution in [1.29, 1.82) is 5.26 Å². The van der Waals surface area contributed by atoms with Crippen LogP contribution in [0.4, 0.5) is 14.5 Å². The Bertz CT molecular complexity index is 645. The topological polar surface area (TPSA) is 35.8 Å². The molecule has 0 bridgehead atoms. The Hall–Kier alpha value is -2.41. The van der Waals surface area contributed by atoms with E-state index in [9.17, 15) is 8.78 Å². The highest BCUT2D eigenvalue weighted by atomic mass is 19.1. The van der Waals surface area contributed by atoms with Gasteiger partial charge in [-0.3, -0.25) is 0 Å². The zero-order chi connectivity index (χ0) is 13.8. The number of nitrogens with one attached hydrogen (secondary N) is 1. The maximum Gasteiger partial charge on any atom is 0.124 e. The smallest absolute Gasteiger partial charge is 0.124 e. The summed E-state index contributed by atoms with van der Waals surface area (Å²) in [5, 5.41) is 12.0. The molecule has 0 aliphatic rings. The van der Waals surface area contributed by atoms with E-state index in [4.69, 9.17) is 5.26 Å². The number of hydrogen-bond donors (Lipinski definition) is 1. The molecule has 0 aliphatic heterocycles. The summed E-state index contributed by atoms with van der Waals surface area (Å²) in [6.45, 7) is 2.27. The minimum Gasteiger partial charge on any atom is -0.380 e. The molecule has 0 atom stereocenters. The fourth-order valence-electron chi connectivity index (χ4n) is 1.81. The third-order valence-electron chi connectivity index (χ3n) is 2.88. The highest BCUT2D eigenvalue weighted by Crippen LogP contribution is 2.18. The van der Waals surface area contributed by atoms with Crippen LogP contribution in [0.1, 0.15) is 16.7 Å². The summed E-state index contributed by atoms with van der Waals surface area (Å²) < 4.78 is 26.0. The van der Waals surface area contributed by atoms with Gasteiger partial charge in [0.05, 0.1) is 11.3 Å². The maximum absolute atomic E-state index is 13.0. The molecule has 4 heteroatoms. The lowest BCUT2D eigenvalue weighted by atomic mass is 10.1. The lowest BCUT2D eigenvalue weighted by Gasteiger charge is -2.10. The first-order valence-corrected chi connectivity index (χ1v) is 5.78. The first kappa shape index (κ1) is 13.0. The van der Waals surface area contributed by atoms with Gasteiger partial charge in [-0.25, -0.2) is 8.78 Å². The number of halogens is 2. The molecule has 0 aliphatic carbocycles. The molecule has 0 unspecified atom stereocenters. The predicted molar refractivity (Wildman–Crippen MR) is 69.6 cm³/mol. The molecular formula is C15H12F2N2. The van der Waals surface area contributed by atoms with Gasteiger partial charge in [0.1, 0.15) is 17.7 Å². The Kier molecular flexibility index (Phi) is 3.76. The molecule has 2 aromatic rings. The highest BCUT2D eigenvalue weighted by Gasteiger charge is 2.05. The van der Waals surface area contributed by atoms with Gasteiger partial charge >= 0.3 is 0 Å². The van der Waals surface area contributed by atoms with Gasteiger partial charge in [-0.15, -0.1) is 0 Å². The molecule has 0 spiro atoms. The Morgan fingerprint density at radius 3 is 2.47 bits per heavy atom. The van der Waals surface area contributed by atoms with Crippen LogP contribution in [0.15, 0.2) is 36.4 Å². The molecule has 0 fully saturated rings. The van der Waals surface area contributed by atoms with Crippen molar-refractivity contribution >= 4 is 5.69 Å². The molecule has 0 aromatic heterocycles. The summed E-state index contributed by atoms with van der Waals surface area (Å²) in [6.07, 6.45) is 0. The van der Waals surface area contributed by atoms with E-state index in [1.165, 1.54) is 30.3 Å². The summed E-state index contributed by atoms with van der Waals surface area (Å²) in [5.74, 6) is -0.721. The van der Waals surface area contributed by atoms with E-state index in [-0.39, 0.29) is 11.4 Å². The van der Waals surface area contributed by atoms with Crippen molar-refractivity contribution in [3.05, 3.63) is 64.7 Å². The summed E-state index contributed by atoms with van der Waals surface area (Å²) in [4.78, 5) is 0. The van der Waals surface area contributed by atoms with Gasteiger partial charge in [0, 0.05) is 6.54 Å². The fourth-order valence-corrected chi connectivity index (χ4v) is 1.81. The average molecular weight is 258 g/mol. The van der Waals surface area contributed by atoms with Crippen molar-refractivity contribution < 1.29 is 8.78 Å². The zero-order valence-corrected chi connectivity index (χ0v) is 10.4. The van der Waals surface area contributed by atoms with Crippen molar-refractivity contribution in [2.45, 2.75) is 13.5 Å². The van der Waals surface area contributed by atoms with Crippen LogP contribution in [-0.4, -0.2) is 0 Å². The lowest BCUT2D eigenvalue weighted by Crippen LogP contribution is -2.03. The minimum atomic E-state index is -0.444. The second kappa shape index (κ2) is 5.49. The minimum absolute atomic E-state index is 0.250. The van der Waals surface area contributed by atoms with E-state index in [1.54, 1.807) is 6.07 Å². The van der Waals surface area contributed by atoms with Gasteiger partial charge in [-0.1, -0.05) is 6.07 Å². The summed E-state index contributed by atoms with van der Waals surface area (Å²) >= 11 is 0. The van der Waals surface area contributed by atoms with E-state index >= 15 is 0 Å². The quantitative estimate of drug-likeness (QED) is 0.909. The van der Waals surface area contributed by atoms with Crippen LogP contribution in [0.5, 0.6) is 0 Å². The third kappa shape index (κ3) is 3.08. The first-order chi connectivity index (χ1) is 9.10. The average Bonchev–Trinajstić information content (AvgIpc) is 2.39. The first-order valence-electron chi connectivity index (χ1n) is 5.78. The summed E-state index contributed by atoms with van der Waals surface area (Å²) in [6, 6.07) is 10.5. The van der Waals surface area contributed by atoms with E-state index in [0.717, 1.165) is 11.1 Å². The van der Waals surface area contributed by atoms with E-state index in [0.29, 0.717) is 12.2 Å². The Morgan fingerprint density at radius 2 is 1.79 bits per heavy atom. The molecule has 0 heterocycles. The van der Waals surface area contributed by atoms with Crippen molar-refractivity contribution in [3.63, 3.8) is 0 Å². The van der Waals surface area contributed by atoms with Gasteiger partial charge in [0.15, 0.2) is 0 Å². The third-order valence-corrected chi connectivity index (χ3v) is 2.88. The van der Waals surface area contributed by atoms with Gasteiger partial charge < -0.3 is 5.32 Å². The van der Waals surface area contributed by atoms with Crippen LogP contribution in [0, 0.1) is 29.9 Å². The standard InChI is InChI=1S/C15H12F2N2/c1-10-6-13(16)3-2-11(10)9-19-15-5-4-14(17)7-12(15)8-18/h2-7,19H,9H2,1H3. The maximum atomic E-state index is 13.0. The molecule has 0 radical (unpaired) electrons. The number of aryl methyl sites for hydroxylation is 1. The SMILES string of the molecule is Cc1cc(F)ccc1CNc1ccc(F)cc1C#N. The van der Waals surface area contributed by atoms with Gasteiger partial charge in [0.2, 0.25) is 0 Å². The molecule has 96 valence electrons. The number of anilines is 1. The van der Waals surface area contributed by atoms with Gasteiger partial charge in [0.25, 0.3) is 0 Å². The zero-order valence-electron chi connectivity index (χ0n) is 10.4. The second-order valence-electron chi connectivity index (χ2n) is 4.23. The van der Waals surface area contributed by atoms with E-state index < -0.39 is 5.82 Å². The van der Waals surface area contributed by atoms with E-state index in [1.807, 2.05) is 13.0 Å². The van der Waals surface area contributed by atoms with Crippen molar-refractivity contribution in [3.8, 4) is 6.07 Å². The molecule has 0 amide bonds. The van der Waals surface area contributed by atoms with Crippen LogP contribution in [-0.2, 0) is 6.54 Å². The number of benzene rings is 2. The van der Waals surface area contributed by atoms with Gasteiger partial charge in [-0.05, 0) is 48.4 Å². The van der Waals surface area contributed by atoms with Crippen molar-refractivity contribution in [2.75, 3.05) is 5.32 Å². The lowest BCUT2D eigenvalue weighted by molar-refractivity contribution is 0.625. The molecule has 2 aromatic carbocycles. The Labute approximate surface area is 110 Å². The molecule has 1 N–H and O–H groups in total. The van der Waals surface area contributed by atoms with Crippen molar-refractivity contribution in [2.24, 2.45) is 0 Å². The molecule has 2 nitrogen and oxygen atoms in total. The van der Waals surface area contributed by atoms with Crippen LogP contribution >= 0.6 is 0 Å². The molecule has 0 saturated heterocycles. The predicted octanol–water partition coefficient (Wildman–Crippen LogP) is 3.76. The van der Waals surface area contributed by atoms with Crippen LogP contribution < -0.4 is 5.32 Å². The Balaban J connectivity index is 2.17. The molecule has 19 heavy (non-hydrogen) atoms. The molecule has 0 saturated carbocycles. The largest absolute Gasteiger partial charge is 0.380 e. The number of rotatable bonds is 3. The van der Waals surface area contributed by atoms with Crippen LogP contribution in [0.3, 0.4) is 0 Å². The molecule has 2 rings (SSSR count). The van der Waals surface area contributed by atoms with Crippen LogP contribution in [0.2, 0.25) is 0 Å². The second-order valence-corrected chi connectivity index (χ2v) is 4.23. The fraction of sp³-hybridized carbons (Fsp3) is 0.133. The van der Waals surface area contributed by atoms with Crippen LogP contribution in [0.25, 0.3) is 0 Å². The Morgan fingerprint density at radius 1 is 1.11 bits per heavy atom. The van der Waals surface area contributed by atoms with Crippen molar-refractivity contribution in [1.82, 2.24) is 0 Å². The van der Waals surface area contributed by atoms with E-state index in [2.05, 4.69) is 5.32 Å². The number of hydrogen-bond acceptors (Lipinski definition) is 2. The normalized spacial score (nSPS) is 10.0. The summed E-state index contributed by atoms with van der Waals surface area (Å²) in [7, 11) is 0. The van der Waals surface area contributed by atoms with Gasteiger partial charge in [-0.2, -0.15) is 5.26 Å².